The number of amides is 4. The molecule has 0 aliphatic carbocycles. The number of methoxy groups -OCH3 is 2. The van der Waals surface area contributed by atoms with Crippen molar-refractivity contribution in [3.63, 3.8) is 0 Å². The van der Waals surface area contributed by atoms with E-state index in [4.69, 9.17) is 24.2 Å². The fraction of sp³-hybridized carbons (Fsp3) is 0.375. The Kier molecular flexibility index (Phi) is 11.8. The van der Waals surface area contributed by atoms with Crippen molar-refractivity contribution < 1.29 is 33.4 Å². The van der Waals surface area contributed by atoms with E-state index in [0.29, 0.717) is 31.8 Å². The van der Waals surface area contributed by atoms with Gasteiger partial charge in [-0.1, -0.05) is 44.2 Å². The third-order valence-electron chi connectivity index (χ3n) is 12.6. The molecule has 0 unspecified atom stereocenters. The minimum atomic E-state index is -0.775. The lowest BCUT2D eigenvalue weighted by Crippen LogP contribution is -2.51. The number of hydrogen-bond acceptors (Lipinski definition) is 9. The molecule has 0 saturated carbocycles. The fourth-order valence-corrected chi connectivity index (χ4v) is 9.36. The van der Waals surface area contributed by atoms with E-state index in [-0.39, 0.29) is 35.7 Å². The lowest BCUT2D eigenvalue weighted by atomic mass is 9.75. The highest BCUT2D eigenvalue weighted by Gasteiger charge is 2.39. The van der Waals surface area contributed by atoms with Gasteiger partial charge in [0.25, 0.3) is 0 Å². The highest BCUT2D eigenvalue weighted by Crippen LogP contribution is 2.50. The van der Waals surface area contributed by atoms with Crippen molar-refractivity contribution in [2.24, 2.45) is 4.99 Å². The first-order valence-electron chi connectivity index (χ1n) is 21.2. The summed E-state index contributed by atoms with van der Waals surface area (Å²) in [6.45, 7) is 13.1. The second-order valence-corrected chi connectivity index (χ2v) is 16.8. The van der Waals surface area contributed by atoms with Crippen LogP contribution in [0.15, 0.2) is 91.1 Å². The molecule has 4 aromatic rings. The van der Waals surface area contributed by atoms with Crippen LogP contribution < -0.4 is 15.4 Å². The second-order valence-electron chi connectivity index (χ2n) is 16.8. The van der Waals surface area contributed by atoms with Crippen molar-refractivity contribution in [2.45, 2.75) is 88.4 Å². The summed E-state index contributed by atoms with van der Waals surface area (Å²) in [4.78, 5) is 68.1. The third-order valence-corrected chi connectivity index (χ3v) is 12.6. The number of carbonyl (C=O) groups is 4. The number of imidazole rings is 1. The van der Waals surface area contributed by atoms with Crippen LogP contribution in [0.5, 0.6) is 11.5 Å². The smallest absolute Gasteiger partial charge is 0.407 e. The molecule has 4 amide bonds. The van der Waals surface area contributed by atoms with Gasteiger partial charge in [0.15, 0.2) is 0 Å². The molecule has 62 heavy (non-hydrogen) atoms. The van der Waals surface area contributed by atoms with E-state index < -0.39 is 24.3 Å². The number of carbonyl (C=O) groups excluding carboxylic acids is 4. The summed E-state index contributed by atoms with van der Waals surface area (Å²) in [6.07, 6.45) is 8.19. The van der Waals surface area contributed by atoms with E-state index in [1.54, 1.807) is 17.1 Å². The number of aromatic amines is 1. The number of H-pyrrole nitrogens is 1. The van der Waals surface area contributed by atoms with Crippen LogP contribution in [-0.4, -0.2) is 94.9 Å². The molecule has 8 rings (SSSR count). The lowest BCUT2D eigenvalue weighted by molar-refractivity contribution is -0.134. The normalized spacial score (nSPS) is 19.2. The summed E-state index contributed by atoms with van der Waals surface area (Å²) < 4.78 is 16.1. The first kappa shape index (κ1) is 42.0. The highest BCUT2D eigenvalue weighted by molar-refractivity contribution is 6.01. The van der Waals surface area contributed by atoms with Gasteiger partial charge in [-0.2, -0.15) is 0 Å². The number of rotatable bonds is 12. The third kappa shape index (κ3) is 7.96. The number of alkyl carbamates (subject to hydrolysis) is 2. The summed E-state index contributed by atoms with van der Waals surface area (Å²) in [5, 5.41) is 5.31. The number of nitrogens with zero attached hydrogens (tertiary/aromatic N) is 4. The molecular formula is C48H53N7O7. The number of ether oxygens (including phenoxy) is 3. The van der Waals surface area contributed by atoms with Crippen LogP contribution in [0, 0.1) is 0 Å². The predicted molar refractivity (Wildman–Crippen MR) is 236 cm³/mol. The fourth-order valence-electron chi connectivity index (χ4n) is 9.36. The van der Waals surface area contributed by atoms with Crippen LogP contribution >= 0.6 is 0 Å². The molecule has 3 aromatic carbocycles. The van der Waals surface area contributed by atoms with Gasteiger partial charge in [-0.3, -0.25) is 14.6 Å². The molecular weight excluding hydrogens is 787 g/mol. The lowest BCUT2D eigenvalue weighted by Gasteiger charge is -2.35. The Morgan fingerprint density at radius 2 is 1.44 bits per heavy atom. The standard InChI is InChI=1S/C48H53N7O7/c1-7-11-35(52-46(58)60-5)44(56)54-21-9-13-39(54)37-25-31-23-28(16-19-34(31)50-37)29-15-18-32-42(26-29)62-41-20-17-30(24-33(41)48(32,3)4)38-27-49-43(51-38)40-14-10-22-55(40)45(57)36(12-8-2)53-47(59)61-6/h7-8,15-20,23-24,26-27,35-36,39-40H,1-2,9-14,21-22,25H2,3-6H3,(H,49,51)(H,52,58)(H,53,59)/t35-,36-,39-,40-/m0/s1. The number of hydrogen-bond donors (Lipinski definition) is 3. The maximum Gasteiger partial charge on any atom is 0.407 e. The van der Waals surface area contributed by atoms with Gasteiger partial charge in [-0.25, -0.2) is 14.6 Å². The van der Waals surface area contributed by atoms with Crippen LogP contribution in [0.25, 0.3) is 22.4 Å². The summed E-state index contributed by atoms with van der Waals surface area (Å²) in [5.41, 5.74) is 8.54. The molecule has 0 spiro atoms. The summed E-state index contributed by atoms with van der Waals surface area (Å²) in [6, 6.07) is 16.9. The summed E-state index contributed by atoms with van der Waals surface area (Å²) >= 11 is 0. The molecule has 322 valence electrons. The monoisotopic (exact) mass is 839 g/mol. The van der Waals surface area contributed by atoms with Gasteiger partial charge in [0.05, 0.1) is 43.9 Å². The first-order chi connectivity index (χ1) is 29.9. The number of aliphatic imine (C=N–C) groups is 1. The number of likely N-dealkylation sites (tertiary alicyclic amines) is 2. The topological polar surface area (TPSA) is 168 Å². The molecule has 0 radical (unpaired) electrons. The Hall–Kier alpha value is -6.70. The molecule has 1 aromatic heterocycles. The molecule has 5 heterocycles. The van der Waals surface area contributed by atoms with Gasteiger partial charge in [0.2, 0.25) is 11.8 Å². The van der Waals surface area contributed by atoms with Gasteiger partial charge in [-0.15, -0.1) is 13.2 Å². The van der Waals surface area contributed by atoms with Gasteiger partial charge >= 0.3 is 12.2 Å². The zero-order valence-corrected chi connectivity index (χ0v) is 35.7. The molecule has 4 atom stereocenters. The SMILES string of the molecule is C=CC[C@H](NC(=O)OC)C(=O)N1CCC[C@H]1C1=Nc2ccc(-c3ccc4c(c3)Oc3ccc(-c5cnc([C@@H]6CCCN6C(=O)[C@H](CC=C)NC(=O)OC)[nH]5)cc3C4(C)C)cc2C1. The Morgan fingerprint density at radius 3 is 2.10 bits per heavy atom. The number of aromatic nitrogens is 2. The molecule has 14 heteroatoms. The Balaban J connectivity index is 0.969. The molecule has 4 aliphatic heterocycles. The van der Waals surface area contributed by atoms with Crippen molar-refractivity contribution in [3.8, 4) is 33.9 Å². The van der Waals surface area contributed by atoms with Crippen LogP contribution in [-0.2, 0) is 30.9 Å². The minimum Gasteiger partial charge on any atom is -0.457 e. The average molecular weight is 840 g/mol. The van der Waals surface area contributed by atoms with Crippen molar-refractivity contribution in [3.05, 3.63) is 109 Å². The van der Waals surface area contributed by atoms with Crippen LogP contribution in [0.1, 0.15) is 80.9 Å². The Labute approximate surface area is 361 Å². The Bertz CT molecular complexity index is 2470. The van der Waals surface area contributed by atoms with Gasteiger partial charge < -0.3 is 39.6 Å². The van der Waals surface area contributed by atoms with E-state index in [1.165, 1.54) is 14.2 Å². The summed E-state index contributed by atoms with van der Waals surface area (Å²) in [7, 11) is 2.55. The number of benzene rings is 3. The molecule has 14 nitrogen and oxygen atoms in total. The zero-order chi connectivity index (χ0) is 43.7. The zero-order valence-electron chi connectivity index (χ0n) is 35.7. The van der Waals surface area contributed by atoms with Crippen LogP contribution in [0.2, 0.25) is 0 Å². The molecule has 0 bridgehead atoms. The van der Waals surface area contributed by atoms with E-state index in [1.807, 2.05) is 29.3 Å². The van der Waals surface area contributed by atoms with Crippen molar-refractivity contribution >= 4 is 35.4 Å². The van der Waals surface area contributed by atoms with Crippen LogP contribution in [0.4, 0.5) is 15.3 Å². The molecule has 4 aliphatic rings. The van der Waals surface area contributed by atoms with E-state index in [9.17, 15) is 19.2 Å². The predicted octanol–water partition coefficient (Wildman–Crippen LogP) is 8.06. The first-order valence-corrected chi connectivity index (χ1v) is 21.2. The second kappa shape index (κ2) is 17.3. The largest absolute Gasteiger partial charge is 0.457 e. The maximum absolute atomic E-state index is 13.6. The van der Waals surface area contributed by atoms with Gasteiger partial charge in [-0.05, 0) is 91.6 Å². The quantitative estimate of drug-likeness (QED) is 0.121. The van der Waals surface area contributed by atoms with Crippen molar-refractivity contribution in [1.29, 1.82) is 0 Å². The average Bonchev–Trinajstić information content (AvgIpc) is 4.12. The van der Waals surface area contributed by atoms with E-state index in [0.717, 1.165) is 87.7 Å². The molecule has 2 saturated heterocycles. The van der Waals surface area contributed by atoms with Crippen molar-refractivity contribution in [1.82, 2.24) is 30.4 Å². The van der Waals surface area contributed by atoms with E-state index >= 15 is 0 Å². The summed E-state index contributed by atoms with van der Waals surface area (Å²) in [5.74, 6) is 1.92. The molecule has 2 fully saturated rings. The van der Waals surface area contributed by atoms with E-state index in [2.05, 4.69) is 79.0 Å². The minimum absolute atomic E-state index is 0.146. The highest BCUT2D eigenvalue weighted by atomic mass is 16.5. The number of fused-ring (bicyclic) bond motifs is 3. The number of nitrogens with one attached hydrogen (secondary N) is 3. The molecule has 3 N–H and O–H groups in total. The van der Waals surface area contributed by atoms with Gasteiger partial charge in [0.1, 0.15) is 29.4 Å². The van der Waals surface area contributed by atoms with Crippen molar-refractivity contribution in [2.75, 3.05) is 27.3 Å². The maximum atomic E-state index is 13.6. The Morgan fingerprint density at radius 1 is 0.823 bits per heavy atom. The van der Waals surface area contributed by atoms with Crippen LogP contribution in [0.3, 0.4) is 0 Å². The van der Waals surface area contributed by atoms with Gasteiger partial charge in [0, 0.05) is 47.3 Å².